The van der Waals surface area contributed by atoms with E-state index in [9.17, 15) is 0 Å². The standard InChI is InChI=1S/C12H15N3/c1-2-4-10-5-3-6-11(9-10)15-12-13-7-8-14-12/h2-3,5-6,9H,1,4,7-8H2,(H2,13,14,15). The predicted molar refractivity (Wildman–Crippen MR) is 63.4 cm³/mol. The molecule has 0 bridgehead atoms. The molecular formula is C12H15N3. The van der Waals surface area contributed by atoms with Crippen molar-refractivity contribution in [3.8, 4) is 0 Å². The topological polar surface area (TPSA) is 36.4 Å². The Kier molecular flexibility index (Phi) is 3.02. The number of nitrogens with one attached hydrogen (secondary N) is 2. The molecular weight excluding hydrogens is 186 g/mol. The lowest BCUT2D eigenvalue weighted by atomic mass is 10.1. The van der Waals surface area contributed by atoms with Crippen molar-refractivity contribution in [1.82, 2.24) is 10.6 Å². The highest BCUT2D eigenvalue weighted by molar-refractivity contribution is 5.84. The van der Waals surface area contributed by atoms with E-state index in [1.54, 1.807) is 0 Å². The molecule has 0 radical (unpaired) electrons. The summed E-state index contributed by atoms with van der Waals surface area (Å²) >= 11 is 0. The van der Waals surface area contributed by atoms with E-state index in [0.29, 0.717) is 0 Å². The van der Waals surface area contributed by atoms with Gasteiger partial charge in [0.05, 0.1) is 5.69 Å². The maximum Gasteiger partial charge on any atom is 0.196 e. The number of guanidine groups is 1. The Labute approximate surface area is 89.9 Å². The molecule has 1 fully saturated rings. The van der Waals surface area contributed by atoms with Crippen LogP contribution < -0.4 is 10.6 Å². The molecule has 0 aliphatic carbocycles. The largest absolute Gasteiger partial charge is 0.354 e. The molecule has 1 heterocycles. The molecule has 2 rings (SSSR count). The van der Waals surface area contributed by atoms with Gasteiger partial charge in [-0.15, -0.1) is 6.58 Å². The van der Waals surface area contributed by atoms with Gasteiger partial charge in [-0.2, -0.15) is 0 Å². The van der Waals surface area contributed by atoms with Crippen LogP contribution in [0.4, 0.5) is 5.69 Å². The molecule has 1 saturated heterocycles. The summed E-state index contributed by atoms with van der Waals surface area (Å²) in [6, 6.07) is 8.19. The minimum Gasteiger partial charge on any atom is -0.354 e. The Bertz CT molecular complexity index is 374. The molecule has 0 saturated carbocycles. The second-order valence-electron chi connectivity index (χ2n) is 3.48. The molecule has 3 heteroatoms. The molecule has 3 nitrogen and oxygen atoms in total. The van der Waals surface area contributed by atoms with Gasteiger partial charge in [0, 0.05) is 13.1 Å². The van der Waals surface area contributed by atoms with Crippen LogP contribution in [0.3, 0.4) is 0 Å². The first-order chi connectivity index (χ1) is 7.38. The lowest BCUT2D eigenvalue weighted by molar-refractivity contribution is 0.942. The van der Waals surface area contributed by atoms with Crippen LogP contribution in [-0.4, -0.2) is 19.0 Å². The summed E-state index contributed by atoms with van der Waals surface area (Å²) in [5.41, 5.74) is 2.22. The van der Waals surface area contributed by atoms with Crippen LogP contribution in [0.1, 0.15) is 5.56 Å². The van der Waals surface area contributed by atoms with Crippen molar-refractivity contribution in [2.45, 2.75) is 6.42 Å². The van der Waals surface area contributed by atoms with Gasteiger partial charge in [0.1, 0.15) is 0 Å². The monoisotopic (exact) mass is 201 g/mol. The van der Waals surface area contributed by atoms with Crippen LogP contribution in [0.25, 0.3) is 0 Å². The highest BCUT2D eigenvalue weighted by Crippen LogP contribution is 2.14. The maximum atomic E-state index is 4.46. The zero-order valence-corrected chi connectivity index (χ0v) is 8.66. The van der Waals surface area contributed by atoms with Crippen LogP contribution in [0, 0.1) is 0 Å². The van der Waals surface area contributed by atoms with E-state index in [1.165, 1.54) is 5.56 Å². The molecule has 1 aromatic rings. The van der Waals surface area contributed by atoms with Gasteiger partial charge in [0.15, 0.2) is 5.96 Å². The van der Waals surface area contributed by atoms with Gasteiger partial charge in [-0.3, -0.25) is 0 Å². The summed E-state index contributed by atoms with van der Waals surface area (Å²) < 4.78 is 0. The third-order valence-electron chi connectivity index (χ3n) is 2.24. The molecule has 1 aromatic carbocycles. The lowest BCUT2D eigenvalue weighted by Gasteiger charge is -2.01. The second kappa shape index (κ2) is 4.64. The fraction of sp³-hybridized carbons (Fsp3) is 0.250. The molecule has 0 amide bonds. The van der Waals surface area contributed by atoms with Crippen molar-refractivity contribution in [3.05, 3.63) is 42.5 Å². The smallest absolute Gasteiger partial charge is 0.196 e. The van der Waals surface area contributed by atoms with Crippen LogP contribution in [-0.2, 0) is 6.42 Å². The van der Waals surface area contributed by atoms with E-state index in [4.69, 9.17) is 0 Å². The fourth-order valence-electron chi connectivity index (χ4n) is 1.55. The SMILES string of the molecule is C=CCc1cccc(N=C2NCCN2)c1. The molecule has 0 atom stereocenters. The highest BCUT2D eigenvalue weighted by Gasteiger charge is 2.04. The molecule has 2 N–H and O–H groups in total. The first kappa shape index (κ1) is 9.77. The van der Waals surface area contributed by atoms with Gasteiger partial charge in [-0.05, 0) is 24.1 Å². The van der Waals surface area contributed by atoms with E-state index in [2.05, 4.69) is 34.3 Å². The first-order valence-corrected chi connectivity index (χ1v) is 5.15. The number of allylic oxidation sites excluding steroid dienone is 1. The first-order valence-electron chi connectivity index (χ1n) is 5.15. The minimum atomic E-state index is 0.866. The summed E-state index contributed by atoms with van der Waals surface area (Å²) in [6.45, 7) is 5.63. The Morgan fingerprint density at radius 3 is 2.87 bits per heavy atom. The number of hydrogen-bond acceptors (Lipinski definition) is 1. The molecule has 0 unspecified atom stereocenters. The zero-order valence-electron chi connectivity index (χ0n) is 8.66. The average molecular weight is 201 g/mol. The van der Waals surface area contributed by atoms with Crippen LogP contribution >= 0.6 is 0 Å². The van der Waals surface area contributed by atoms with Gasteiger partial charge in [0.2, 0.25) is 0 Å². The number of aliphatic imine (C=N–C) groups is 1. The third-order valence-corrected chi connectivity index (χ3v) is 2.24. The third kappa shape index (κ3) is 2.59. The normalized spacial score (nSPS) is 14.3. The summed E-state index contributed by atoms with van der Waals surface area (Å²) in [5, 5.41) is 6.35. The average Bonchev–Trinajstić information content (AvgIpc) is 2.71. The van der Waals surface area contributed by atoms with E-state index in [-0.39, 0.29) is 0 Å². The number of hydrogen-bond donors (Lipinski definition) is 2. The van der Waals surface area contributed by atoms with Crippen molar-refractivity contribution in [3.63, 3.8) is 0 Å². The van der Waals surface area contributed by atoms with Crippen molar-refractivity contribution in [1.29, 1.82) is 0 Å². The number of nitrogens with zero attached hydrogens (tertiary/aromatic N) is 1. The van der Waals surface area contributed by atoms with Gasteiger partial charge in [-0.25, -0.2) is 4.99 Å². The summed E-state index contributed by atoms with van der Waals surface area (Å²) in [6.07, 6.45) is 2.79. The van der Waals surface area contributed by atoms with E-state index in [0.717, 1.165) is 31.2 Å². The van der Waals surface area contributed by atoms with Gasteiger partial charge in [-0.1, -0.05) is 18.2 Å². The quantitative estimate of drug-likeness (QED) is 0.729. The Hall–Kier alpha value is -1.77. The summed E-state index contributed by atoms with van der Waals surface area (Å²) in [5.74, 6) is 0.866. The van der Waals surface area contributed by atoms with Crippen LogP contribution in [0.5, 0.6) is 0 Å². The Morgan fingerprint density at radius 1 is 1.33 bits per heavy atom. The molecule has 0 spiro atoms. The summed E-state index contributed by atoms with van der Waals surface area (Å²) in [4.78, 5) is 4.46. The lowest BCUT2D eigenvalue weighted by Crippen LogP contribution is -2.23. The van der Waals surface area contributed by atoms with Crippen molar-refractivity contribution in [2.75, 3.05) is 13.1 Å². The van der Waals surface area contributed by atoms with E-state index >= 15 is 0 Å². The van der Waals surface area contributed by atoms with E-state index in [1.807, 2.05) is 18.2 Å². The molecule has 1 aliphatic heterocycles. The highest BCUT2D eigenvalue weighted by atomic mass is 15.2. The Morgan fingerprint density at radius 2 is 2.13 bits per heavy atom. The number of benzene rings is 1. The minimum absolute atomic E-state index is 0.866. The van der Waals surface area contributed by atoms with Gasteiger partial charge >= 0.3 is 0 Å². The fourth-order valence-corrected chi connectivity index (χ4v) is 1.55. The van der Waals surface area contributed by atoms with Crippen molar-refractivity contribution < 1.29 is 0 Å². The van der Waals surface area contributed by atoms with Crippen LogP contribution in [0.2, 0.25) is 0 Å². The molecule has 15 heavy (non-hydrogen) atoms. The second-order valence-corrected chi connectivity index (χ2v) is 3.48. The molecule has 78 valence electrons. The Balaban J connectivity index is 2.16. The number of rotatable bonds is 3. The maximum absolute atomic E-state index is 4.46. The summed E-state index contributed by atoms with van der Waals surface area (Å²) in [7, 11) is 0. The van der Waals surface area contributed by atoms with Gasteiger partial charge in [0.25, 0.3) is 0 Å². The molecule has 0 aromatic heterocycles. The van der Waals surface area contributed by atoms with Gasteiger partial charge < -0.3 is 10.6 Å². The zero-order chi connectivity index (χ0) is 10.5. The van der Waals surface area contributed by atoms with Crippen molar-refractivity contribution in [2.24, 2.45) is 4.99 Å². The molecule has 1 aliphatic rings. The van der Waals surface area contributed by atoms with Crippen molar-refractivity contribution >= 4 is 11.6 Å². The predicted octanol–water partition coefficient (Wildman–Crippen LogP) is 1.60. The van der Waals surface area contributed by atoms with E-state index < -0.39 is 0 Å². The van der Waals surface area contributed by atoms with Crippen LogP contribution in [0.15, 0.2) is 41.9 Å².